The Kier molecular flexibility index (Phi) is 5.55. The predicted molar refractivity (Wildman–Crippen MR) is 135 cm³/mol. The number of nitrogens with one attached hydrogen (secondary N) is 1. The van der Waals surface area contributed by atoms with Gasteiger partial charge in [-0.3, -0.25) is 4.98 Å². The van der Waals surface area contributed by atoms with Gasteiger partial charge < -0.3 is 20.1 Å². The van der Waals surface area contributed by atoms with Crippen molar-refractivity contribution in [1.82, 2.24) is 25.5 Å². The summed E-state index contributed by atoms with van der Waals surface area (Å²) in [6, 6.07) is 7.34. The van der Waals surface area contributed by atoms with Crippen LogP contribution in [0.25, 0.3) is 22.5 Å². The Morgan fingerprint density at radius 1 is 1.11 bits per heavy atom. The van der Waals surface area contributed by atoms with Gasteiger partial charge in [0.25, 0.3) is 0 Å². The molecule has 8 nitrogen and oxygen atoms in total. The molecule has 0 saturated carbocycles. The minimum absolute atomic E-state index is 0.0492. The second-order valence-electron chi connectivity index (χ2n) is 10.8. The highest BCUT2D eigenvalue weighted by molar-refractivity contribution is 5.73. The molecule has 2 bridgehead atoms. The smallest absolute Gasteiger partial charge is 0.185 e. The number of benzene rings is 1. The van der Waals surface area contributed by atoms with E-state index in [1.54, 1.807) is 18.3 Å². The maximum absolute atomic E-state index is 15.0. The van der Waals surface area contributed by atoms with Crippen molar-refractivity contribution in [2.75, 3.05) is 11.9 Å². The van der Waals surface area contributed by atoms with E-state index in [-0.39, 0.29) is 23.4 Å². The molecular weight excluding hydrogens is 459 g/mol. The third kappa shape index (κ3) is 4.15. The summed E-state index contributed by atoms with van der Waals surface area (Å²) in [5.41, 5.74) is 2.90. The number of aromatic hydroxyl groups is 1. The van der Waals surface area contributed by atoms with Crippen molar-refractivity contribution in [3.63, 3.8) is 0 Å². The molecule has 1 aromatic carbocycles. The molecule has 0 radical (unpaired) electrons. The summed E-state index contributed by atoms with van der Waals surface area (Å²) >= 11 is 0. The van der Waals surface area contributed by atoms with E-state index in [0.29, 0.717) is 23.2 Å². The molecule has 188 valence electrons. The minimum atomic E-state index is -0.957. The molecule has 2 aromatic heterocycles. The zero-order valence-corrected chi connectivity index (χ0v) is 20.8. The minimum Gasteiger partial charge on any atom is -0.507 e. The van der Waals surface area contributed by atoms with E-state index in [4.69, 9.17) is 4.74 Å². The summed E-state index contributed by atoms with van der Waals surface area (Å²) in [4.78, 5) is 10.9. The first-order valence-corrected chi connectivity index (χ1v) is 12.6. The Hall–Kier alpha value is -3.33. The number of hydrogen-bond acceptors (Lipinski definition) is 8. The Morgan fingerprint density at radius 3 is 2.75 bits per heavy atom. The van der Waals surface area contributed by atoms with Crippen LogP contribution in [0.15, 0.2) is 36.7 Å². The largest absolute Gasteiger partial charge is 0.507 e. The van der Waals surface area contributed by atoms with E-state index in [1.165, 1.54) is 0 Å². The number of anilines is 1. The van der Waals surface area contributed by atoms with Gasteiger partial charge in [-0.1, -0.05) is 6.07 Å². The molecule has 3 aliphatic rings. The van der Waals surface area contributed by atoms with Crippen LogP contribution >= 0.6 is 0 Å². The molecule has 0 aliphatic carbocycles. The number of aryl methyl sites for hydroxylation is 1. The van der Waals surface area contributed by atoms with E-state index in [2.05, 4.69) is 39.3 Å². The predicted octanol–water partition coefficient (Wildman–Crippen LogP) is 4.08. The summed E-state index contributed by atoms with van der Waals surface area (Å²) in [7, 11) is 1.84. The highest BCUT2D eigenvalue weighted by Crippen LogP contribution is 2.37. The fourth-order valence-electron chi connectivity index (χ4n) is 5.65. The van der Waals surface area contributed by atoms with Crippen molar-refractivity contribution in [3.8, 4) is 34.0 Å². The van der Waals surface area contributed by atoms with E-state index >= 15 is 0 Å². The van der Waals surface area contributed by atoms with Gasteiger partial charge in [-0.2, -0.15) is 0 Å². The summed E-state index contributed by atoms with van der Waals surface area (Å²) in [6.45, 7) is 4.15. The zero-order chi connectivity index (χ0) is 25.0. The summed E-state index contributed by atoms with van der Waals surface area (Å²) in [6.07, 6.45) is 6.88. The van der Waals surface area contributed by atoms with Gasteiger partial charge in [0.1, 0.15) is 23.3 Å². The monoisotopic (exact) mass is 490 g/mol. The maximum atomic E-state index is 15.0. The first-order chi connectivity index (χ1) is 17.3. The molecular formula is C27H31FN6O2. The van der Waals surface area contributed by atoms with Crippen molar-refractivity contribution < 1.29 is 14.2 Å². The third-order valence-corrected chi connectivity index (χ3v) is 7.81. The van der Waals surface area contributed by atoms with Gasteiger partial charge in [-0.15, -0.1) is 10.2 Å². The van der Waals surface area contributed by atoms with Crippen LogP contribution in [-0.4, -0.2) is 62.2 Å². The number of phenolic OH excluding ortho intramolecular Hbond substituents is 1. The number of fused-ring (bicyclic) bond motifs is 3. The van der Waals surface area contributed by atoms with E-state index in [0.717, 1.165) is 54.7 Å². The first-order valence-electron chi connectivity index (χ1n) is 12.6. The molecule has 6 rings (SSSR count). The normalized spacial score (nSPS) is 26.2. The molecule has 2 saturated heterocycles. The van der Waals surface area contributed by atoms with Crippen LogP contribution in [0.4, 0.5) is 10.2 Å². The van der Waals surface area contributed by atoms with Crippen molar-refractivity contribution in [1.29, 1.82) is 0 Å². The summed E-state index contributed by atoms with van der Waals surface area (Å²) in [5, 5.41) is 22.7. The lowest BCUT2D eigenvalue weighted by molar-refractivity contribution is 0.0831. The number of rotatable bonds is 4. The van der Waals surface area contributed by atoms with E-state index in [9.17, 15) is 9.50 Å². The molecule has 4 atom stereocenters. The standard InChI is InChI=1S/C27H31FN6O2/c1-27(2)9-8-19-23(36-27)11-16(13-29-19)15-4-6-18(22(35)10-15)26-30-14-24(32-33-26)34(3)21-12-17-5-7-20(31-17)25(21)28/h4,6,10-11,13-14,17,20-21,25,31,35H,5,7-9,12H2,1-3H3/t17-,20-,21+,25-/m1/s1. The van der Waals surface area contributed by atoms with E-state index < -0.39 is 6.17 Å². The summed E-state index contributed by atoms with van der Waals surface area (Å²) in [5.74, 6) is 1.67. The quantitative estimate of drug-likeness (QED) is 0.565. The average molecular weight is 491 g/mol. The van der Waals surface area contributed by atoms with Crippen molar-refractivity contribution in [2.45, 2.75) is 75.8 Å². The van der Waals surface area contributed by atoms with Crippen LogP contribution in [0.3, 0.4) is 0 Å². The SMILES string of the molecule is CN(c1cnc(-c2ccc(-c3cnc4c(c3)OC(C)(C)CC4)cc2O)nn1)[C@H]1C[C@H]2CC[C@@H](N2)[C@H]1F. The number of halogens is 1. The number of aromatic nitrogens is 4. The van der Waals surface area contributed by atoms with Gasteiger partial charge in [0.15, 0.2) is 11.6 Å². The zero-order valence-electron chi connectivity index (χ0n) is 20.8. The highest BCUT2D eigenvalue weighted by Gasteiger charge is 2.44. The Bertz CT molecular complexity index is 1280. The lowest BCUT2D eigenvalue weighted by Gasteiger charge is -2.38. The number of pyridine rings is 1. The Labute approximate surface area is 210 Å². The Morgan fingerprint density at radius 2 is 1.97 bits per heavy atom. The second-order valence-corrected chi connectivity index (χ2v) is 10.8. The van der Waals surface area contributed by atoms with Crippen molar-refractivity contribution >= 4 is 5.82 Å². The van der Waals surface area contributed by atoms with Crippen molar-refractivity contribution in [2.24, 2.45) is 0 Å². The lowest BCUT2D eigenvalue weighted by Crippen LogP contribution is -2.55. The fourth-order valence-corrected chi connectivity index (χ4v) is 5.65. The van der Waals surface area contributed by atoms with Crippen molar-refractivity contribution in [3.05, 3.63) is 42.4 Å². The summed E-state index contributed by atoms with van der Waals surface area (Å²) < 4.78 is 21.1. The van der Waals surface area contributed by atoms with Gasteiger partial charge in [0.2, 0.25) is 0 Å². The molecule has 36 heavy (non-hydrogen) atoms. The molecule has 5 heterocycles. The molecule has 3 aliphatic heterocycles. The lowest BCUT2D eigenvalue weighted by atomic mass is 9.96. The number of hydrogen-bond donors (Lipinski definition) is 2. The molecule has 0 unspecified atom stereocenters. The van der Waals surface area contributed by atoms with Crippen LogP contribution in [0.1, 0.15) is 45.2 Å². The van der Waals surface area contributed by atoms with Gasteiger partial charge >= 0.3 is 0 Å². The van der Waals surface area contributed by atoms with Crippen LogP contribution in [0, 0.1) is 0 Å². The molecule has 2 N–H and O–H groups in total. The van der Waals surface area contributed by atoms with Gasteiger partial charge in [-0.05, 0) is 69.7 Å². The molecule has 0 spiro atoms. The first kappa shape index (κ1) is 23.1. The fraction of sp³-hybridized carbons (Fsp3) is 0.481. The molecule has 3 aromatic rings. The number of alkyl halides is 1. The maximum Gasteiger partial charge on any atom is 0.185 e. The Balaban J connectivity index is 1.21. The number of phenols is 1. The van der Waals surface area contributed by atoms with Crippen LogP contribution in [-0.2, 0) is 6.42 Å². The highest BCUT2D eigenvalue weighted by atomic mass is 19.1. The van der Waals surface area contributed by atoms with E-state index in [1.807, 2.05) is 30.3 Å². The molecule has 2 fully saturated rings. The van der Waals surface area contributed by atoms with Crippen LogP contribution in [0.2, 0.25) is 0 Å². The molecule has 0 amide bonds. The third-order valence-electron chi connectivity index (χ3n) is 7.81. The van der Waals surface area contributed by atoms with Crippen LogP contribution in [0.5, 0.6) is 11.5 Å². The van der Waals surface area contributed by atoms with Gasteiger partial charge in [-0.25, -0.2) is 9.37 Å². The van der Waals surface area contributed by atoms with Gasteiger partial charge in [0, 0.05) is 30.9 Å². The molecule has 9 heteroatoms. The average Bonchev–Trinajstić information content (AvgIpc) is 3.28. The number of ether oxygens (including phenoxy) is 1. The number of piperidine rings is 1. The topological polar surface area (TPSA) is 96.3 Å². The van der Waals surface area contributed by atoms with Gasteiger partial charge in [0.05, 0.1) is 23.5 Å². The second kappa shape index (κ2) is 8.65. The number of nitrogens with zero attached hydrogens (tertiary/aromatic N) is 5. The van der Waals surface area contributed by atoms with Crippen LogP contribution < -0.4 is 15.0 Å².